The number of non-ortho nitro benzene ring substituents is 1. The Hall–Kier alpha value is -2.88. The van der Waals surface area contributed by atoms with Crippen LogP contribution in [0.25, 0.3) is 0 Å². The number of carbonyl (C=O) groups is 2. The number of ether oxygens (including phenoxy) is 2. The Morgan fingerprint density at radius 3 is 2.00 bits per heavy atom. The first-order valence-corrected chi connectivity index (χ1v) is 6.28. The van der Waals surface area contributed by atoms with Crippen molar-refractivity contribution in [1.29, 1.82) is 0 Å². The summed E-state index contributed by atoms with van der Waals surface area (Å²) in [6.07, 6.45) is 0. The molecule has 0 N–H and O–H groups in total. The van der Waals surface area contributed by atoms with Crippen LogP contribution in [-0.4, -0.2) is 31.1 Å². The number of nitro benzene ring substituents is 1. The minimum absolute atomic E-state index is 0.0976. The molecule has 0 aliphatic heterocycles. The predicted molar refractivity (Wildman–Crippen MR) is 76.8 cm³/mol. The van der Waals surface area contributed by atoms with Crippen molar-refractivity contribution in [2.75, 3.05) is 14.2 Å². The normalized spacial score (nSPS) is 11.1. The molecule has 0 fully saturated rings. The van der Waals surface area contributed by atoms with Gasteiger partial charge in [-0.1, -0.05) is 18.1 Å². The Morgan fingerprint density at radius 1 is 1.14 bits per heavy atom. The minimum Gasteiger partial charge on any atom is -0.468 e. The van der Waals surface area contributed by atoms with Crippen molar-refractivity contribution in [1.82, 2.24) is 0 Å². The van der Waals surface area contributed by atoms with Crippen LogP contribution < -0.4 is 0 Å². The molecule has 0 aliphatic rings. The van der Waals surface area contributed by atoms with Crippen molar-refractivity contribution in [3.63, 3.8) is 0 Å². The van der Waals surface area contributed by atoms with Gasteiger partial charge in [-0.3, -0.25) is 19.7 Å². The number of nitro groups is 1. The molecular weight excluding hydrogens is 290 g/mol. The molecule has 0 amide bonds. The molecule has 1 aromatic rings. The molecule has 7 heteroatoms. The van der Waals surface area contributed by atoms with Gasteiger partial charge in [-0.2, -0.15) is 0 Å². The SMILES string of the molecule is CC#CC(c1ccc([N+](=O)[O-])cc1)C(C(=O)OC)C(=O)OC. The highest BCUT2D eigenvalue weighted by Gasteiger charge is 2.37. The van der Waals surface area contributed by atoms with Gasteiger partial charge in [0.05, 0.1) is 25.1 Å². The number of esters is 2. The second-order valence-electron chi connectivity index (χ2n) is 4.24. The van der Waals surface area contributed by atoms with E-state index in [-0.39, 0.29) is 5.69 Å². The van der Waals surface area contributed by atoms with Crippen molar-refractivity contribution < 1.29 is 24.0 Å². The van der Waals surface area contributed by atoms with Crippen LogP contribution in [0.4, 0.5) is 5.69 Å². The monoisotopic (exact) mass is 305 g/mol. The van der Waals surface area contributed by atoms with Crippen LogP contribution in [0.2, 0.25) is 0 Å². The van der Waals surface area contributed by atoms with Gasteiger partial charge in [0.1, 0.15) is 0 Å². The number of rotatable bonds is 5. The van der Waals surface area contributed by atoms with E-state index in [2.05, 4.69) is 21.3 Å². The highest BCUT2D eigenvalue weighted by Crippen LogP contribution is 2.28. The van der Waals surface area contributed by atoms with Gasteiger partial charge >= 0.3 is 11.9 Å². The Labute approximate surface area is 127 Å². The number of benzene rings is 1. The summed E-state index contributed by atoms with van der Waals surface area (Å²) >= 11 is 0. The third-order valence-corrected chi connectivity index (χ3v) is 3.01. The molecule has 0 aliphatic carbocycles. The Bertz CT molecular complexity index is 610. The molecule has 0 bridgehead atoms. The average Bonchev–Trinajstić information content (AvgIpc) is 2.53. The molecule has 7 nitrogen and oxygen atoms in total. The van der Waals surface area contributed by atoms with Crippen molar-refractivity contribution in [3.05, 3.63) is 39.9 Å². The van der Waals surface area contributed by atoms with Gasteiger partial charge in [0.2, 0.25) is 0 Å². The van der Waals surface area contributed by atoms with Gasteiger partial charge in [0, 0.05) is 12.1 Å². The molecule has 1 rings (SSSR count). The molecule has 0 aromatic heterocycles. The van der Waals surface area contributed by atoms with E-state index in [1.165, 1.54) is 24.3 Å². The molecule has 0 saturated heterocycles. The summed E-state index contributed by atoms with van der Waals surface area (Å²) in [5, 5.41) is 10.7. The molecule has 0 spiro atoms. The fourth-order valence-electron chi connectivity index (χ4n) is 1.94. The highest BCUT2D eigenvalue weighted by molar-refractivity contribution is 5.96. The van der Waals surface area contributed by atoms with Crippen molar-refractivity contribution in [2.45, 2.75) is 12.8 Å². The van der Waals surface area contributed by atoms with E-state index in [9.17, 15) is 19.7 Å². The van der Waals surface area contributed by atoms with Gasteiger partial charge in [-0.05, 0) is 12.5 Å². The van der Waals surface area contributed by atoms with Crippen molar-refractivity contribution in [3.8, 4) is 11.8 Å². The summed E-state index contributed by atoms with van der Waals surface area (Å²) in [6, 6.07) is 5.47. The van der Waals surface area contributed by atoms with Gasteiger partial charge in [0.25, 0.3) is 5.69 Å². The summed E-state index contributed by atoms with van der Waals surface area (Å²) in [4.78, 5) is 33.9. The van der Waals surface area contributed by atoms with Crippen LogP contribution in [-0.2, 0) is 19.1 Å². The van der Waals surface area contributed by atoms with Gasteiger partial charge < -0.3 is 9.47 Å². The third kappa shape index (κ3) is 3.82. The lowest BCUT2D eigenvalue weighted by Gasteiger charge is -2.19. The molecule has 1 unspecified atom stereocenters. The van der Waals surface area contributed by atoms with E-state index in [1.807, 2.05) is 0 Å². The van der Waals surface area contributed by atoms with E-state index in [1.54, 1.807) is 6.92 Å². The first-order valence-electron chi connectivity index (χ1n) is 6.28. The van der Waals surface area contributed by atoms with E-state index < -0.39 is 28.7 Å². The lowest BCUT2D eigenvalue weighted by molar-refractivity contribution is -0.384. The second-order valence-corrected chi connectivity index (χ2v) is 4.24. The standard InChI is InChI=1S/C15H15NO6/c1-4-5-12(13(14(17)21-2)15(18)22-3)10-6-8-11(9-7-10)16(19)20/h6-9,12-13H,1-3H3. The van der Waals surface area contributed by atoms with Crippen LogP contribution in [0.5, 0.6) is 0 Å². The molecule has 0 heterocycles. The first kappa shape index (κ1) is 17.2. The Morgan fingerprint density at radius 2 is 1.64 bits per heavy atom. The molecule has 0 radical (unpaired) electrons. The fraction of sp³-hybridized carbons (Fsp3) is 0.333. The maximum absolute atomic E-state index is 11.9. The van der Waals surface area contributed by atoms with Gasteiger partial charge in [0.15, 0.2) is 5.92 Å². The zero-order chi connectivity index (χ0) is 16.7. The number of methoxy groups -OCH3 is 2. The minimum atomic E-state index is -1.26. The molecule has 22 heavy (non-hydrogen) atoms. The number of carbonyl (C=O) groups excluding carboxylic acids is 2. The van der Waals surface area contributed by atoms with Crippen molar-refractivity contribution in [2.24, 2.45) is 5.92 Å². The number of hydrogen-bond acceptors (Lipinski definition) is 6. The van der Waals surface area contributed by atoms with Crippen LogP contribution >= 0.6 is 0 Å². The van der Waals surface area contributed by atoms with Crippen LogP contribution in [0.15, 0.2) is 24.3 Å². The zero-order valence-electron chi connectivity index (χ0n) is 12.4. The second kappa shape index (κ2) is 7.78. The zero-order valence-corrected chi connectivity index (χ0v) is 12.4. The number of hydrogen-bond donors (Lipinski definition) is 0. The average molecular weight is 305 g/mol. The largest absolute Gasteiger partial charge is 0.468 e. The van der Waals surface area contributed by atoms with E-state index in [4.69, 9.17) is 0 Å². The molecular formula is C15H15NO6. The molecule has 1 atom stereocenters. The summed E-state index contributed by atoms with van der Waals surface area (Å²) < 4.78 is 9.26. The van der Waals surface area contributed by atoms with E-state index >= 15 is 0 Å². The van der Waals surface area contributed by atoms with Gasteiger partial charge in [-0.15, -0.1) is 5.92 Å². The summed E-state index contributed by atoms with van der Waals surface area (Å²) in [5.74, 6) is 1.77. The van der Waals surface area contributed by atoms with Crippen LogP contribution in [0.1, 0.15) is 18.4 Å². The predicted octanol–water partition coefficient (Wildman–Crippen LogP) is 1.66. The topological polar surface area (TPSA) is 95.7 Å². The van der Waals surface area contributed by atoms with E-state index in [0.29, 0.717) is 5.56 Å². The molecule has 116 valence electrons. The van der Waals surface area contributed by atoms with Crippen LogP contribution in [0, 0.1) is 27.9 Å². The number of nitrogens with zero attached hydrogens (tertiary/aromatic N) is 1. The Kier molecular flexibility index (Phi) is 6.08. The Balaban J connectivity index is 3.29. The third-order valence-electron chi connectivity index (χ3n) is 3.01. The molecule has 0 saturated carbocycles. The quantitative estimate of drug-likeness (QED) is 0.270. The summed E-state index contributed by atoms with van der Waals surface area (Å²) in [7, 11) is 2.31. The van der Waals surface area contributed by atoms with Crippen molar-refractivity contribution >= 4 is 17.6 Å². The maximum Gasteiger partial charge on any atom is 0.321 e. The summed E-state index contributed by atoms with van der Waals surface area (Å²) in [6.45, 7) is 1.56. The van der Waals surface area contributed by atoms with Crippen LogP contribution in [0.3, 0.4) is 0 Å². The van der Waals surface area contributed by atoms with Gasteiger partial charge in [-0.25, -0.2) is 0 Å². The highest BCUT2D eigenvalue weighted by atomic mass is 16.6. The van der Waals surface area contributed by atoms with E-state index in [0.717, 1.165) is 14.2 Å². The molecule has 1 aromatic carbocycles. The maximum atomic E-state index is 11.9. The smallest absolute Gasteiger partial charge is 0.321 e. The lowest BCUT2D eigenvalue weighted by atomic mass is 9.86. The lowest BCUT2D eigenvalue weighted by Crippen LogP contribution is -2.31. The summed E-state index contributed by atoms with van der Waals surface area (Å²) in [5.41, 5.74) is 0.389. The first-order chi connectivity index (χ1) is 10.5. The fourth-order valence-corrected chi connectivity index (χ4v) is 1.94.